The minimum atomic E-state index is -0.0704. The van der Waals surface area contributed by atoms with Crippen molar-refractivity contribution in [3.8, 4) is 5.75 Å². The summed E-state index contributed by atoms with van der Waals surface area (Å²) in [6.07, 6.45) is 3.35. The van der Waals surface area contributed by atoms with Crippen molar-refractivity contribution in [2.45, 2.75) is 0 Å². The van der Waals surface area contributed by atoms with Gasteiger partial charge in [-0.3, -0.25) is 9.59 Å². The van der Waals surface area contributed by atoms with Crippen LogP contribution in [0.1, 0.15) is 15.9 Å². The average Bonchev–Trinajstić information content (AvgIpc) is 2.72. The molecule has 0 N–H and O–H groups in total. The lowest BCUT2D eigenvalue weighted by molar-refractivity contribution is -0.134. The van der Waals surface area contributed by atoms with Crippen LogP contribution >= 0.6 is 0 Å². The standard InChI is InChI=1S/C22H24N2O3/c1-23-13-15-24(16-14-23)22(26)17-27-20-10-8-19(9-11-20)21(25)12-7-18-5-3-2-4-6-18/h2-12H,13-17H2,1H3/b12-7+. The van der Waals surface area contributed by atoms with Crippen LogP contribution in [-0.4, -0.2) is 61.3 Å². The highest BCUT2D eigenvalue weighted by Gasteiger charge is 2.19. The van der Waals surface area contributed by atoms with Gasteiger partial charge in [-0.05, 0) is 43.0 Å². The normalized spacial score (nSPS) is 15.1. The first kappa shape index (κ1) is 18.9. The van der Waals surface area contributed by atoms with Crippen molar-refractivity contribution < 1.29 is 14.3 Å². The Morgan fingerprint density at radius 3 is 2.30 bits per heavy atom. The van der Waals surface area contributed by atoms with Crippen LogP contribution in [0.4, 0.5) is 0 Å². The summed E-state index contributed by atoms with van der Waals surface area (Å²) in [5.74, 6) is 0.508. The van der Waals surface area contributed by atoms with Gasteiger partial charge in [0.2, 0.25) is 0 Å². The van der Waals surface area contributed by atoms with E-state index in [1.807, 2.05) is 35.2 Å². The number of ketones is 1. The molecule has 0 aliphatic carbocycles. The summed E-state index contributed by atoms with van der Waals surface area (Å²) in [6.45, 7) is 3.27. The van der Waals surface area contributed by atoms with Gasteiger partial charge in [-0.15, -0.1) is 0 Å². The second-order valence-corrected chi connectivity index (χ2v) is 6.61. The predicted octanol–water partition coefficient (Wildman–Crippen LogP) is 2.74. The van der Waals surface area contributed by atoms with E-state index in [1.165, 1.54) is 0 Å². The molecular weight excluding hydrogens is 340 g/mol. The Kier molecular flexibility index (Phi) is 6.39. The lowest BCUT2D eigenvalue weighted by Crippen LogP contribution is -2.48. The van der Waals surface area contributed by atoms with Crippen molar-refractivity contribution in [2.75, 3.05) is 39.8 Å². The molecule has 3 rings (SSSR count). The number of allylic oxidation sites excluding steroid dienone is 1. The second kappa shape index (κ2) is 9.14. The maximum absolute atomic E-state index is 12.2. The maximum atomic E-state index is 12.2. The molecule has 1 amide bonds. The highest BCUT2D eigenvalue weighted by molar-refractivity contribution is 6.06. The fraction of sp³-hybridized carbons (Fsp3) is 0.273. The van der Waals surface area contributed by atoms with Gasteiger partial charge in [0.05, 0.1) is 0 Å². The molecule has 1 fully saturated rings. The van der Waals surface area contributed by atoms with Crippen molar-refractivity contribution >= 4 is 17.8 Å². The molecule has 27 heavy (non-hydrogen) atoms. The van der Waals surface area contributed by atoms with Gasteiger partial charge in [0.1, 0.15) is 5.75 Å². The molecule has 2 aromatic carbocycles. The Bertz CT molecular complexity index is 792. The molecule has 2 aromatic rings. The Balaban J connectivity index is 1.50. The minimum absolute atomic E-state index is 0.00551. The first-order valence-corrected chi connectivity index (χ1v) is 9.08. The molecule has 1 saturated heterocycles. The van der Waals surface area contributed by atoms with Crippen molar-refractivity contribution in [3.05, 3.63) is 71.8 Å². The number of piperazine rings is 1. The van der Waals surface area contributed by atoms with Crippen molar-refractivity contribution in [1.29, 1.82) is 0 Å². The highest BCUT2D eigenvalue weighted by Crippen LogP contribution is 2.14. The molecule has 0 spiro atoms. The molecule has 0 unspecified atom stereocenters. The largest absolute Gasteiger partial charge is 0.484 e. The van der Waals surface area contributed by atoms with Crippen LogP contribution in [0.5, 0.6) is 5.75 Å². The summed E-state index contributed by atoms with van der Waals surface area (Å²) in [7, 11) is 2.05. The second-order valence-electron chi connectivity index (χ2n) is 6.61. The number of benzene rings is 2. The van der Waals surface area contributed by atoms with Crippen LogP contribution in [0.15, 0.2) is 60.7 Å². The summed E-state index contributed by atoms with van der Waals surface area (Å²) in [5.41, 5.74) is 1.56. The van der Waals surface area contributed by atoms with Gasteiger partial charge in [-0.1, -0.05) is 36.4 Å². The summed E-state index contributed by atoms with van der Waals surface area (Å²) in [6, 6.07) is 16.6. The van der Waals surface area contributed by atoms with Crippen LogP contribution in [-0.2, 0) is 4.79 Å². The lowest BCUT2D eigenvalue weighted by Gasteiger charge is -2.32. The van der Waals surface area contributed by atoms with Crippen LogP contribution in [0.2, 0.25) is 0 Å². The zero-order chi connectivity index (χ0) is 19.1. The van der Waals surface area contributed by atoms with Gasteiger partial charge in [0, 0.05) is 31.7 Å². The van der Waals surface area contributed by atoms with Gasteiger partial charge in [-0.25, -0.2) is 0 Å². The van der Waals surface area contributed by atoms with E-state index in [9.17, 15) is 9.59 Å². The molecule has 0 radical (unpaired) electrons. The first-order chi connectivity index (χ1) is 13.1. The monoisotopic (exact) mass is 364 g/mol. The molecule has 140 valence electrons. The molecular formula is C22H24N2O3. The number of carbonyl (C=O) groups excluding carboxylic acids is 2. The number of nitrogens with zero attached hydrogens (tertiary/aromatic N) is 2. The Morgan fingerprint density at radius 1 is 0.963 bits per heavy atom. The van der Waals surface area contributed by atoms with Crippen LogP contribution in [0.25, 0.3) is 6.08 Å². The number of hydrogen-bond acceptors (Lipinski definition) is 4. The zero-order valence-electron chi connectivity index (χ0n) is 15.5. The summed E-state index contributed by atoms with van der Waals surface area (Å²) in [4.78, 5) is 28.5. The molecule has 1 heterocycles. The van der Waals surface area contributed by atoms with Gasteiger partial charge < -0.3 is 14.5 Å². The Hall–Kier alpha value is -2.92. The number of amides is 1. The summed E-state index contributed by atoms with van der Waals surface area (Å²) in [5, 5.41) is 0. The third kappa shape index (κ3) is 5.53. The molecule has 5 heteroatoms. The lowest BCUT2D eigenvalue weighted by atomic mass is 10.1. The highest BCUT2D eigenvalue weighted by atomic mass is 16.5. The number of likely N-dealkylation sites (N-methyl/N-ethyl adjacent to an activating group) is 1. The topological polar surface area (TPSA) is 49.9 Å². The summed E-state index contributed by atoms with van der Waals surface area (Å²) >= 11 is 0. The third-order valence-corrected chi connectivity index (χ3v) is 4.58. The van der Waals surface area contributed by atoms with E-state index in [0.717, 1.165) is 31.7 Å². The molecule has 0 atom stereocenters. The number of ether oxygens (including phenoxy) is 1. The van der Waals surface area contributed by atoms with E-state index in [-0.39, 0.29) is 18.3 Å². The Morgan fingerprint density at radius 2 is 1.63 bits per heavy atom. The van der Waals surface area contributed by atoms with Gasteiger partial charge in [0.25, 0.3) is 5.91 Å². The fourth-order valence-corrected chi connectivity index (χ4v) is 2.84. The average molecular weight is 364 g/mol. The van der Waals surface area contributed by atoms with Gasteiger partial charge in [0.15, 0.2) is 12.4 Å². The van der Waals surface area contributed by atoms with E-state index in [1.54, 1.807) is 36.4 Å². The van der Waals surface area contributed by atoms with Crippen molar-refractivity contribution in [3.63, 3.8) is 0 Å². The quantitative estimate of drug-likeness (QED) is 0.584. The van der Waals surface area contributed by atoms with Crippen molar-refractivity contribution in [1.82, 2.24) is 9.80 Å². The van der Waals surface area contributed by atoms with Gasteiger partial charge in [-0.2, -0.15) is 0 Å². The van der Waals surface area contributed by atoms with Crippen LogP contribution < -0.4 is 4.74 Å². The van der Waals surface area contributed by atoms with Gasteiger partial charge >= 0.3 is 0 Å². The van der Waals surface area contributed by atoms with Crippen molar-refractivity contribution in [2.24, 2.45) is 0 Å². The fourth-order valence-electron chi connectivity index (χ4n) is 2.84. The molecule has 1 aliphatic rings. The van der Waals surface area contributed by atoms with E-state index < -0.39 is 0 Å². The van der Waals surface area contributed by atoms with E-state index in [4.69, 9.17) is 4.74 Å². The molecule has 0 aromatic heterocycles. The predicted molar refractivity (Wildman–Crippen MR) is 106 cm³/mol. The summed E-state index contributed by atoms with van der Waals surface area (Å²) < 4.78 is 5.58. The first-order valence-electron chi connectivity index (χ1n) is 9.08. The smallest absolute Gasteiger partial charge is 0.260 e. The molecule has 0 bridgehead atoms. The van der Waals surface area contributed by atoms with E-state index >= 15 is 0 Å². The number of carbonyl (C=O) groups is 2. The van der Waals surface area contributed by atoms with Crippen LogP contribution in [0, 0.1) is 0 Å². The SMILES string of the molecule is CN1CCN(C(=O)COc2ccc(C(=O)/C=C/c3ccccc3)cc2)CC1. The number of hydrogen-bond donors (Lipinski definition) is 0. The zero-order valence-corrected chi connectivity index (χ0v) is 15.5. The molecule has 1 aliphatic heterocycles. The maximum Gasteiger partial charge on any atom is 0.260 e. The molecule has 0 saturated carbocycles. The Labute approximate surface area is 159 Å². The molecule has 5 nitrogen and oxygen atoms in total. The van der Waals surface area contributed by atoms with Crippen LogP contribution in [0.3, 0.4) is 0 Å². The van der Waals surface area contributed by atoms with E-state index in [0.29, 0.717) is 11.3 Å². The minimum Gasteiger partial charge on any atom is -0.484 e. The third-order valence-electron chi connectivity index (χ3n) is 4.58. The number of rotatable bonds is 6. The van der Waals surface area contributed by atoms with E-state index in [2.05, 4.69) is 11.9 Å².